The first-order chi connectivity index (χ1) is 5.33. The second kappa shape index (κ2) is 3.68. The molecule has 0 aromatic heterocycles. The zero-order valence-corrected chi connectivity index (χ0v) is 6.36. The molecular formula is C7H10N4. The Morgan fingerprint density at radius 3 is 3.18 bits per heavy atom. The van der Waals surface area contributed by atoms with Gasteiger partial charge in [-0.25, -0.2) is 0 Å². The normalized spacial score (nSPS) is 21.5. The first-order valence-corrected chi connectivity index (χ1v) is 3.47. The molecule has 4 nitrogen and oxygen atoms in total. The van der Waals surface area contributed by atoms with Crippen LogP contribution >= 0.6 is 0 Å². The predicted molar refractivity (Wildman–Crippen MR) is 43.8 cm³/mol. The molecule has 1 unspecified atom stereocenters. The van der Waals surface area contributed by atoms with E-state index in [1.165, 1.54) is 0 Å². The maximum Gasteiger partial charge on any atom is 0.0524 e. The number of nitrogens with one attached hydrogen (secondary N) is 1. The third-order valence-corrected chi connectivity index (χ3v) is 1.45. The third kappa shape index (κ3) is 2.35. The topological polar surface area (TPSA) is 60.8 Å². The van der Waals surface area contributed by atoms with Crippen molar-refractivity contribution in [2.75, 3.05) is 6.54 Å². The van der Waals surface area contributed by atoms with Crippen molar-refractivity contribution < 1.29 is 0 Å². The molecule has 1 aliphatic heterocycles. The summed E-state index contributed by atoms with van der Waals surface area (Å²) in [6.45, 7) is 2.48. The maximum atomic E-state index is 8.04. The minimum absolute atomic E-state index is 0.379. The van der Waals surface area contributed by atoms with E-state index in [1.807, 2.05) is 18.4 Å². The number of hydrogen-bond donors (Lipinski definition) is 1. The fourth-order valence-corrected chi connectivity index (χ4v) is 0.822. The Labute approximate surface area is 65.2 Å². The fraction of sp³-hybridized carbons (Fsp3) is 0.429. The Bertz CT molecular complexity index is 235. The third-order valence-electron chi connectivity index (χ3n) is 1.45. The molecule has 11 heavy (non-hydrogen) atoms. The standard InChI is InChI=1S/C7H10N4/c1-6-2-3-7(4-9-6)5-10-11-8/h2-4,6,9H,5H2,1H3. The van der Waals surface area contributed by atoms with Crippen LogP contribution in [-0.2, 0) is 0 Å². The Morgan fingerprint density at radius 2 is 2.64 bits per heavy atom. The zero-order valence-electron chi connectivity index (χ0n) is 6.36. The molecule has 0 radical (unpaired) electrons. The summed E-state index contributed by atoms with van der Waals surface area (Å²) < 4.78 is 0. The Morgan fingerprint density at radius 1 is 1.82 bits per heavy atom. The lowest BCUT2D eigenvalue weighted by atomic mass is 10.1. The zero-order chi connectivity index (χ0) is 8.10. The minimum atomic E-state index is 0.379. The number of dihydropyridines is 1. The lowest BCUT2D eigenvalue weighted by molar-refractivity contribution is 0.750. The van der Waals surface area contributed by atoms with Gasteiger partial charge in [-0.1, -0.05) is 17.3 Å². The summed E-state index contributed by atoms with van der Waals surface area (Å²) in [4.78, 5) is 2.67. The van der Waals surface area contributed by atoms with Gasteiger partial charge in [0.05, 0.1) is 6.54 Å². The molecule has 1 rings (SSSR count). The lowest BCUT2D eigenvalue weighted by Crippen LogP contribution is -2.21. The molecule has 58 valence electrons. The second-order valence-electron chi connectivity index (χ2n) is 2.42. The molecule has 1 aliphatic rings. The van der Waals surface area contributed by atoms with Gasteiger partial charge in [0, 0.05) is 17.2 Å². The largest absolute Gasteiger partial charge is 0.385 e. The van der Waals surface area contributed by atoms with Gasteiger partial charge in [0.25, 0.3) is 0 Å². The van der Waals surface area contributed by atoms with Crippen LogP contribution in [0.3, 0.4) is 0 Å². The molecule has 0 aromatic carbocycles. The molecule has 0 aliphatic carbocycles. The fourth-order valence-electron chi connectivity index (χ4n) is 0.822. The van der Waals surface area contributed by atoms with Crippen LogP contribution in [0, 0.1) is 0 Å². The van der Waals surface area contributed by atoms with Crippen molar-refractivity contribution in [1.29, 1.82) is 0 Å². The minimum Gasteiger partial charge on any atom is -0.385 e. The number of hydrogen-bond acceptors (Lipinski definition) is 2. The van der Waals surface area contributed by atoms with Crippen molar-refractivity contribution in [2.24, 2.45) is 5.11 Å². The van der Waals surface area contributed by atoms with Crippen molar-refractivity contribution in [3.05, 3.63) is 34.4 Å². The quantitative estimate of drug-likeness (QED) is 0.363. The van der Waals surface area contributed by atoms with Crippen molar-refractivity contribution in [2.45, 2.75) is 13.0 Å². The summed E-state index contributed by atoms with van der Waals surface area (Å²) in [7, 11) is 0. The predicted octanol–water partition coefficient (Wildman–Crippen LogP) is 1.73. The Kier molecular flexibility index (Phi) is 2.58. The molecule has 0 fully saturated rings. The molecule has 1 heterocycles. The molecule has 0 saturated carbocycles. The number of nitrogens with zero attached hydrogens (tertiary/aromatic N) is 3. The first kappa shape index (κ1) is 7.69. The first-order valence-electron chi connectivity index (χ1n) is 3.47. The van der Waals surface area contributed by atoms with Crippen LogP contribution in [0.5, 0.6) is 0 Å². The summed E-state index contributed by atoms with van der Waals surface area (Å²) in [6, 6.07) is 0.379. The SMILES string of the molecule is CC1C=CC(CN=[N+]=[N-])=CN1. The second-order valence-corrected chi connectivity index (χ2v) is 2.42. The lowest BCUT2D eigenvalue weighted by Gasteiger charge is -2.12. The van der Waals surface area contributed by atoms with Crippen LogP contribution in [0.1, 0.15) is 6.92 Å². The van der Waals surface area contributed by atoms with Gasteiger partial charge in [0.2, 0.25) is 0 Å². The monoisotopic (exact) mass is 150 g/mol. The van der Waals surface area contributed by atoms with Gasteiger partial charge >= 0.3 is 0 Å². The van der Waals surface area contributed by atoms with E-state index in [0.717, 1.165) is 5.57 Å². The Balaban J connectivity index is 2.49. The van der Waals surface area contributed by atoms with Crippen LogP contribution in [0.25, 0.3) is 10.4 Å². The molecule has 1 atom stereocenters. The van der Waals surface area contributed by atoms with Gasteiger partial charge in [-0.05, 0) is 18.0 Å². The molecule has 0 saturated heterocycles. The van der Waals surface area contributed by atoms with Crippen LogP contribution in [0.2, 0.25) is 0 Å². The van der Waals surface area contributed by atoms with E-state index in [9.17, 15) is 0 Å². The van der Waals surface area contributed by atoms with Gasteiger partial charge in [-0.3, -0.25) is 0 Å². The summed E-state index contributed by atoms with van der Waals surface area (Å²) in [6.07, 6.45) is 5.87. The highest BCUT2D eigenvalue weighted by atomic mass is 15.1. The molecule has 4 heteroatoms. The summed E-state index contributed by atoms with van der Waals surface area (Å²) >= 11 is 0. The number of rotatable bonds is 2. The van der Waals surface area contributed by atoms with Crippen molar-refractivity contribution in [3.8, 4) is 0 Å². The van der Waals surface area contributed by atoms with E-state index in [1.54, 1.807) is 0 Å². The summed E-state index contributed by atoms with van der Waals surface area (Å²) in [5.41, 5.74) is 9.05. The smallest absolute Gasteiger partial charge is 0.0524 e. The van der Waals surface area contributed by atoms with Crippen molar-refractivity contribution in [3.63, 3.8) is 0 Å². The van der Waals surface area contributed by atoms with Crippen molar-refractivity contribution >= 4 is 0 Å². The van der Waals surface area contributed by atoms with E-state index in [4.69, 9.17) is 5.53 Å². The van der Waals surface area contributed by atoms with E-state index in [-0.39, 0.29) is 0 Å². The van der Waals surface area contributed by atoms with Gasteiger partial charge in [-0.15, -0.1) is 0 Å². The van der Waals surface area contributed by atoms with E-state index >= 15 is 0 Å². The highest BCUT2D eigenvalue weighted by Crippen LogP contribution is 2.03. The Hall–Kier alpha value is -1.41. The van der Waals surface area contributed by atoms with Gasteiger partial charge in [0.1, 0.15) is 0 Å². The molecular weight excluding hydrogens is 140 g/mol. The molecule has 0 aromatic rings. The van der Waals surface area contributed by atoms with Gasteiger partial charge < -0.3 is 5.32 Å². The molecule has 0 bridgehead atoms. The molecule has 1 N–H and O–H groups in total. The van der Waals surface area contributed by atoms with Gasteiger partial charge in [0.15, 0.2) is 0 Å². The highest BCUT2D eigenvalue weighted by molar-refractivity contribution is 5.24. The van der Waals surface area contributed by atoms with Crippen LogP contribution < -0.4 is 5.32 Å². The van der Waals surface area contributed by atoms with E-state index in [2.05, 4.69) is 22.3 Å². The average molecular weight is 150 g/mol. The van der Waals surface area contributed by atoms with Crippen molar-refractivity contribution in [1.82, 2.24) is 5.32 Å². The summed E-state index contributed by atoms with van der Waals surface area (Å²) in [5.74, 6) is 0. The number of azide groups is 1. The van der Waals surface area contributed by atoms with E-state index in [0.29, 0.717) is 12.6 Å². The van der Waals surface area contributed by atoms with E-state index < -0.39 is 0 Å². The van der Waals surface area contributed by atoms with Crippen LogP contribution in [0.15, 0.2) is 29.0 Å². The van der Waals surface area contributed by atoms with Crippen LogP contribution in [-0.4, -0.2) is 12.6 Å². The molecule has 0 amide bonds. The summed E-state index contributed by atoms with van der Waals surface area (Å²) in [5, 5.41) is 6.55. The maximum absolute atomic E-state index is 8.04. The highest BCUT2D eigenvalue weighted by Gasteiger charge is 1.99. The van der Waals surface area contributed by atoms with Gasteiger partial charge in [-0.2, -0.15) is 0 Å². The van der Waals surface area contributed by atoms with Crippen LogP contribution in [0.4, 0.5) is 0 Å². The average Bonchev–Trinajstić information content (AvgIpc) is 2.04. The molecule has 0 spiro atoms.